The summed E-state index contributed by atoms with van der Waals surface area (Å²) in [5, 5.41) is 3.76. The number of nitrogens with zero attached hydrogens (tertiary/aromatic N) is 2. The molecule has 4 rings (SSSR count). The number of aryl methyl sites for hydroxylation is 2. The van der Waals surface area contributed by atoms with Crippen LogP contribution in [0.3, 0.4) is 0 Å². The summed E-state index contributed by atoms with van der Waals surface area (Å²) in [5.74, 6) is -0.805. The van der Waals surface area contributed by atoms with Gasteiger partial charge in [-0.05, 0) is 80.6 Å². The van der Waals surface area contributed by atoms with Gasteiger partial charge in [0.2, 0.25) is 11.8 Å². The van der Waals surface area contributed by atoms with Crippen molar-refractivity contribution in [1.29, 1.82) is 0 Å². The Bertz CT molecular complexity index is 1510. The summed E-state index contributed by atoms with van der Waals surface area (Å²) in [6.45, 7) is 4.88. The fraction of sp³-hybridized carbons (Fsp3) is 0.355. The van der Waals surface area contributed by atoms with Gasteiger partial charge in [0.05, 0.1) is 20.6 Å². The zero-order chi connectivity index (χ0) is 29.7. The first-order valence-electron chi connectivity index (χ1n) is 13.7. The number of anilines is 1. The fourth-order valence-electron chi connectivity index (χ4n) is 5.03. The molecular weight excluding hydrogens is 581 g/mol. The first-order chi connectivity index (χ1) is 19.5. The number of hydrogen-bond donors (Lipinski definition) is 1. The minimum Gasteiger partial charge on any atom is -0.352 e. The Labute approximate surface area is 252 Å². The second-order valence-corrected chi connectivity index (χ2v) is 13.2. The topological polar surface area (TPSA) is 86.8 Å². The fourth-order valence-corrected chi connectivity index (χ4v) is 6.84. The van der Waals surface area contributed by atoms with E-state index in [0.717, 1.165) is 35.6 Å². The average molecular weight is 617 g/mol. The maximum atomic E-state index is 14.1. The van der Waals surface area contributed by atoms with Gasteiger partial charge in [-0.1, -0.05) is 72.4 Å². The number of sulfonamides is 1. The van der Waals surface area contributed by atoms with Crippen LogP contribution in [0.15, 0.2) is 71.6 Å². The van der Waals surface area contributed by atoms with Crippen molar-refractivity contribution < 1.29 is 18.0 Å². The molecule has 0 heterocycles. The van der Waals surface area contributed by atoms with Crippen molar-refractivity contribution in [3.05, 3.63) is 93.5 Å². The smallest absolute Gasteiger partial charge is 0.264 e. The molecule has 10 heteroatoms. The van der Waals surface area contributed by atoms with Gasteiger partial charge in [0.25, 0.3) is 10.0 Å². The molecule has 3 aromatic carbocycles. The van der Waals surface area contributed by atoms with Crippen LogP contribution in [0.4, 0.5) is 5.69 Å². The van der Waals surface area contributed by atoms with Crippen LogP contribution in [0.25, 0.3) is 0 Å². The van der Waals surface area contributed by atoms with E-state index in [2.05, 4.69) is 5.32 Å². The van der Waals surface area contributed by atoms with E-state index in [1.54, 1.807) is 56.3 Å². The molecule has 0 spiro atoms. The molecule has 1 atom stereocenters. The lowest BCUT2D eigenvalue weighted by atomic mass is 10.1. The first-order valence-corrected chi connectivity index (χ1v) is 15.9. The van der Waals surface area contributed by atoms with Gasteiger partial charge in [-0.25, -0.2) is 8.42 Å². The van der Waals surface area contributed by atoms with Crippen LogP contribution in [0.5, 0.6) is 0 Å². The zero-order valence-electron chi connectivity index (χ0n) is 23.4. The van der Waals surface area contributed by atoms with E-state index in [9.17, 15) is 18.0 Å². The molecule has 1 unspecified atom stereocenters. The third kappa shape index (κ3) is 7.42. The second-order valence-electron chi connectivity index (χ2n) is 10.6. The number of benzene rings is 3. The number of amides is 2. The van der Waals surface area contributed by atoms with Crippen LogP contribution in [0.1, 0.15) is 49.3 Å². The molecule has 1 fully saturated rings. The van der Waals surface area contributed by atoms with E-state index in [1.165, 1.54) is 17.0 Å². The van der Waals surface area contributed by atoms with Crippen molar-refractivity contribution in [3.8, 4) is 0 Å². The number of hydrogen-bond acceptors (Lipinski definition) is 4. The summed E-state index contributed by atoms with van der Waals surface area (Å²) in [6, 6.07) is 17.7. The quantitative estimate of drug-likeness (QED) is 0.291. The molecule has 7 nitrogen and oxygen atoms in total. The van der Waals surface area contributed by atoms with Crippen LogP contribution >= 0.6 is 23.2 Å². The maximum Gasteiger partial charge on any atom is 0.264 e. The summed E-state index contributed by atoms with van der Waals surface area (Å²) in [6.07, 6.45) is 3.89. The normalized spacial score (nSPS) is 14.5. The van der Waals surface area contributed by atoms with Crippen LogP contribution in [-0.2, 0) is 26.2 Å². The molecule has 1 aliphatic carbocycles. The third-order valence-electron chi connectivity index (χ3n) is 7.45. The van der Waals surface area contributed by atoms with E-state index in [-0.39, 0.29) is 23.4 Å². The van der Waals surface area contributed by atoms with Crippen molar-refractivity contribution in [1.82, 2.24) is 10.2 Å². The molecular formula is C31H35Cl2N3O4S. The summed E-state index contributed by atoms with van der Waals surface area (Å²) in [4.78, 5) is 28.9. The van der Waals surface area contributed by atoms with E-state index in [1.807, 2.05) is 19.1 Å². The minimum atomic E-state index is -4.13. The predicted molar refractivity (Wildman–Crippen MR) is 164 cm³/mol. The highest BCUT2D eigenvalue weighted by molar-refractivity contribution is 7.92. The van der Waals surface area contributed by atoms with Gasteiger partial charge in [0, 0.05) is 12.6 Å². The molecule has 0 bridgehead atoms. The molecule has 0 radical (unpaired) electrons. The second kappa shape index (κ2) is 13.3. The van der Waals surface area contributed by atoms with Crippen LogP contribution in [0.2, 0.25) is 10.0 Å². The Hall–Kier alpha value is -3.07. The highest BCUT2D eigenvalue weighted by Gasteiger charge is 2.34. The Morgan fingerprint density at radius 2 is 1.63 bits per heavy atom. The lowest BCUT2D eigenvalue weighted by Crippen LogP contribution is -2.52. The molecule has 0 aromatic heterocycles. The Balaban J connectivity index is 1.72. The summed E-state index contributed by atoms with van der Waals surface area (Å²) in [7, 11) is -4.13. The lowest BCUT2D eigenvalue weighted by molar-refractivity contribution is -0.139. The minimum absolute atomic E-state index is 0.0427. The standard InChI is InChI=1S/C31H35Cl2N3O4S/c1-21-13-14-22(2)29(17-21)36(41(39,40)26-11-5-4-6-12-26)20-30(37)35(19-24-15-16-27(32)28(33)18-24)23(3)31(38)34-25-9-7-8-10-25/h4-6,11-18,23,25H,7-10,19-20H2,1-3H3,(H,34,38). The maximum absolute atomic E-state index is 14.1. The van der Waals surface area contributed by atoms with Gasteiger partial charge >= 0.3 is 0 Å². The molecule has 2 amide bonds. The monoisotopic (exact) mass is 615 g/mol. The summed E-state index contributed by atoms with van der Waals surface area (Å²) < 4.78 is 29.1. The van der Waals surface area contributed by atoms with E-state index in [4.69, 9.17) is 23.2 Å². The number of rotatable bonds is 10. The number of nitrogens with one attached hydrogen (secondary N) is 1. The van der Waals surface area contributed by atoms with Gasteiger partial charge in [-0.15, -0.1) is 0 Å². The van der Waals surface area contributed by atoms with Gasteiger partial charge < -0.3 is 10.2 Å². The molecule has 1 aliphatic rings. The van der Waals surface area contributed by atoms with E-state index < -0.39 is 28.5 Å². The van der Waals surface area contributed by atoms with E-state index >= 15 is 0 Å². The number of carbonyl (C=O) groups is 2. The Morgan fingerprint density at radius 3 is 2.29 bits per heavy atom. The number of halogens is 2. The van der Waals surface area contributed by atoms with Crippen molar-refractivity contribution >= 4 is 50.7 Å². The zero-order valence-corrected chi connectivity index (χ0v) is 25.8. The van der Waals surface area contributed by atoms with Crippen molar-refractivity contribution in [2.45, 2.75) is 70.0 Å². The van der Waals surface area contributed by atoms with Crippen LogP contribution in [-0.4, -0.2) is 43.8 Å². The Kier molecular flexibility index (Phi) is 10.00. The molecule has 1 saturated carbocycles. The number of carbonyl (C=O) groups excluding carboxylic acids is 2. The van der Waals surface area contributed by atoms with Gasteiger partial charge in [0.1, 0.15) is 12.6 Å². The van der Waals surface area contributed by atoms with Gasteiger partial charge in [-0.3, -0.25) is 13.9 Å². The van der Waals surface area contributed by atoms with Crippen molar-refractivity contribution in [3.63, 3.8) is 0 Å². The van der Waals surface area contributed by atoms with Crippen LogP contribution in [0, 0.1) is 13.8 Å². The van der Waals surface area contributed by atoms with Crippen LogP contribution < -0.4 is 9.62 Å². The van der Waals surface area contributed by atoms with E-state index in [0.29, 0.717) is 26.9 Å². The highest BCUT2D eigenvalue weighted by Crippen LogP contribution is 2.29. The molecule has 3 aromatic rings. The molecule has 0 aliphatic heterocycles. The summed E-state index contributed by atoms with van der Waals surface area (Å²) in [5.41, 5.74) is 2.62. The predicted octanol–water partition coefficient (Wildman–Crippen LogP) is 6.28. The molecule has 0 saturated heterocycles. The Morgan fingerprint density at radius 1 is 0.951 bits per heavy atom. The van der Waals surface area contributed by atoms with Gasteiger partial charge in [0.15, 0.2) is 0 Å². The SMILES string of the molecule is Cc1ccc(C)c(N(CC(=O)N(Cc2ccc(Cl)c(Cl)c2)C(C)C(=O)NC2CCCC2)S(=O)(=O)c2ccccc2)c1. The average Bonchev–Trinajstić information content (AvgIpc) is 3.46. The lowest BCUT2D eigenvalue weighted by Gasteiger charge is -2.33. The first kappa shape index (κ1) is 30.9. The highest BCUT2D eigenvalue weighted by atomic mass is 35.5. The van der Waals surface area contributed by atoms with Gasteiger partial charge in [-0.2, -0.15) is 0 Å². The third-order valence-corrected chi connectivity index (χ3v) is 9.96. The molecule has 1 N–H and O–H groups in total. The van der Waals surface area contributed by atoms with Crippen molar-refractivity contribution in [2.75, 3.05) is 10.8 Å². The molecule has 41 heavy (non-hydrogen) atoms. The molecule has 218 valence electrons. The largest absolute Gasteiger partial charge is 0.352 e. The van der Waals surface area contributed by atoms with Crippen molar-refractivity contribution in [2.24, 2.45) is 0 Å². The summed E-state index contributed by atoms with van der Waals surface area (Å²) >= 11 is 12.4.